The van der Waals surface area contributed by atoms with Crippen LogP contribution in [0.4, 0.5) is 0 Å². The van der Waals surface area contributed by atoms with Crippen molar-refractivity contribution < 1.29 is 0 Å². The van der Waals surface area contributed by atoms with Gasteiger partial charge >= 0.3 is 0 Å². The summed E-state index contributed by atoms with van der Waals surface area (Å²) in [6.45, 7) is 7.02. The monoisotopic (exact) mass is 224 g/mol. The molecule has 0 N–H and O–H groups in total. The Bertz CT molecular complexity index is 159. The zero-order chi connectivity index (χ0) is 11.8. The molecule has 0 aromatic heterocycles. The van der Waals surface area contributed by atoms with Crippen LogP contribution in [0.1, 0.15) is 85.0 Å². The third-order valence-electron chi connectivity index (χ3n) is 4.27. The van der Waals surface area contributed by atoms with Gasteiger partial charge in [-0.2, -0.15) is 0 Å². The van der Waals surface area contributed by atoms with Crippen molar-refractivity contribution in [3.63, 3.8) is 0 Å². The normalized spacial score (nSPS) is 25.5. The van der Waals surface area contributed by atoms with Crippen LogP contribution < -0.4 is 0 Å². The van der Waals surface area contributed by atoms with E-state index < -0.39 is 0 Å². The third kappa shape index (κ3) is 5.92. The minimum Gasteiger partial charge on any atom is -0.0654 e. The second kappa shape index (κ2) is 8.14. The van der Waals surface area contributed by atoms with E-state index in [1.165, 1.54) is 57.8 Å². The van der Waals surface area contributed by atoms with E-state index >= 15 is 0 Å². The summed E-state index contributed by atoms with van der Waals surface area (Å²) < 4.78 is 0. The molecule has 16 heavy (non-hydrogen) atoms. The van der Waals surface area contributed by atoms with Crippen LogP contribution in [0.25, 0.3) is 0 Å². The molecular formula is C16H32. The Morgan fingerprint density at radius 1 is 0.938 bits per heavy atom. The Morgan fingerprint density at radius 2 is 1.62 bits per heavy atom. The molecule has 0 spiro atoms. The summed E-state index contributed by atoms with van der Waals surface area (Å²) in [4.78, 5) is 0. The van der Waals surface area contributed by atoms with Crippen LogP contribution in [0.3, 0.4) is 0 Å². The molecule has 0 unspecified atom stereocenters. The average Bonchev–Trinajstić information content (AvgIpc) is 2.70. The van der Waals surface area contributed by atoms with Gasteiger partial charge < -0.3 is 0 Å². The average molecular weight is 224 g/mol. The summed E-state index contributed by atoms with van der Waals surface area (Å²) >= 11 is 0. The minimum atomic E-state index is 0.906. The molecule has 1 rings (SSSR count). The predicted molar refractivity (Wildman–Crippen MR) is 73.7 cm³/mol. The molecule has 96 valence electrons. The molecule has 0 aliphatic heterocycles. The highest BCUT2D eigenvalue weighted by Gasteiger charge is 2.23. The predicted octanol–water partition coefficient (Wildman–Crippen LogP) is 5.81. The molecule has 2 atom stereocenters. The Kier molecular flexibility index (Phi) is 7.16. The van der Waals surface area contributed by atoms with E-state index in [0.29, 0.717) is 0 Å². The van der Waals surface area contributed by atoms with Gasteiger partial charge in [0.05, 0.1) is 0 Å². The van der Waals surface area contributed by atoms with Gasteiger partial charge in [0.25, 0.3) is 0 Å². The standard InChI is InChI=1S/C16H32/c1-4-5-6-7-8-15-11-12-16(13-15)10-9-14(2)3/h14-16H,4-13H2,1-3H3/t15-,16+/m0/s1. The Morgan fingerprint density at radius 3 is 2.25 bits per heavy atom. The largest absolute Gasteiger partial charge is 0.0654 e. The fourth-order valence-electron chi connectivity index (χ4n) is 3.13. The smallest absolute Gasteiger partial charge is 0.0411 e. The summed E-state index contributed by atoms with van der Waals surface area (Å²) in [5, 5.41) is 0. The SMILES string of the molecule is CCCCCC[C@H]1CC[C@@H](CCC(C)C)C1. The highest BCUT2D eigenvalue weighted by molar-refractivity contribution is 4.75. The fourth-order valence-corrected chi connectivity index (χ4v) is 3.13. The molecule has 0 nitrogen and oxygen atoms in total. The van der Waals surface area contributed by atoms with E-state index in [2.05, 4.69) is 20.8 Å². The van der Waals surface area contributed by atoms with Crippen molar-refractivity contribution in [3.8, 4) is 0 Å². The molecule has 0 saturated heterocycles. The van der Waals surface area contributed by atoms with Crippen LogP contribution in [-0.2, 0) is 0 Å². The quantitative estimate of drug-likeness (QED) is 0.456. The summed E-state index contributed by atoms with van der Waals surface area (Å²) in [5.41, 5.74) is 0. The van der Waals surface area contributed by atoms with Crippen molar-refractivity contribution in [1.29, 1.82) is 0 Å². The molecule has 1 saturated carbocycles. The van der Waals surface area contributed by atoms with E-state index in [1.807, 2.05) is 0 Å². The van der Waals surface area contributed by atoms with E-state index in [-0.39, 0.29) is 0 Å². The van der Waals surface area contributed by atoms with E-state index in [9.17, 15) is 0 Å². The molecule has 1 aliphatic carbocycles. The molecule has 0 radical (unpaired) electrons. The molecule has 0 amide bonds. The lowest BCUT2D eigenvalue weighted by Crippen LogP contribution is -1.99. The first-order valence-electron chi connectivity index (χ1n) is 7.72. The molecule has 0 heterocycles. The lowest BCUT2D eigenvalue weighted by atomic mass is 9.94. The lowest BCUT2D eigenvalue weighted by molar-refractivity contribution is 0.400. The second-order valence-electron chi connectivity index (χ2n) is 6.37. The number of hydrogen-bond donors (Lipinski definition) is 0. The van der Waals surface area contributed by atoms with Gasteiger partial charge in [-0.3, -0.25) is 0 Å². The molecule has 0 aromatic rings. The highest BCUT2D eigenvalue weighted by atomic mass is 14.3. The number of unbranched alkanes of at least 4 members (excludes halogenated alkanes) is 3. The highest BCUT2D eigenvalue weighted by Crippen LogP contribution is 2.37. The van der Waals surface area contributed by atoms with E-state index in [0.717, 1.165) is 17.8 Å². The van der Waals surface area contributed by atoms with Crippen LogP contribution in [0.2, 0.25) is 0 Å². The van der Waals surface area contributed by atoms with Gasteiger partial charge in [0.1, 0.15) is 0 Å². The topological polar surface area (TPSA) is 0 Å². The van der Waals surface area contributed by atoms with Crippen molar-refractivity contribution >= 4 is 0 Å². The first-order valence-corrected chi connectivity index (χ1v) is 7.72. The molecule has 0 aromatic carbocycles. The molecule has 0 heteroatoms. The lowest BCUT2D eigenvalue weighted by Gasteiger charge is -2.12. The van der Waals surface area contributed by atoms with Gasteiger partial charge in [0, 0.05) is 0 Å². The summed E-state index contributed by atoms with van der Waals surface area (Å²) in [7, 11) is 0. The first kappa shape index (κ1) is 14.1. The summed E-state index contributed by atoms with van der Waals surface area (Å²) in [6.07, 6.45) is 14.9. The molecule has 1 aliphatic rings. The van der Waals surface area contributed by atoms with E-state index in [1.54, 1.807) is 6.42 Å². The second-order valence-corrected chi connectivity index (χ2v) is 6.37. The maximum absolute atomic E-state index is 2.36. The maximum atomic E-state index is 2.36. The Balaban J connectivity index is 2.01. The van der Waals surface area contributed by atoms with Crippen molar-refractivity contribution in [3.05, 3.63) is 0 Å². The van der Waals surface area contributed by atoms with Gasteiger partial charge in [0.2, 0.25) is 0 Å². The van der Waals surface area contributed by atoms with Crippen LogP contribution in [0.5, 0.6) is 0 Å². The van der Waals surface area contributed by atoms with Crippen molar-refractivity contribution in [2.45, 2.75) is 85.0 Å². The zero-order valence-corrected chi connectivity index (χ0v) is 11.8. The molecular weight excluding hydrogens is 192 g/mol. The van der Waals surface area contributed by atoms with Crippen LogP contribution in [0, 0.1) is 17.8 Å². The van der Waals surface area contributed by atoms with Gasteiger partial charge in [-0.1, -0.05) is 78.6 Å². The van der Waals surface area contributed by atoms with Gasteiger partial charge in [-0.15, -0.1) is 0 Å². The van der Waals surface area contributed by atoms with Gasteiger partial charge in [-0.05, 0) is 24.2 Å². The third-order valence-corrected chi connectivity index (χ3v) is 4.27. The zero-order valence-electron chi connectivity index (χ0n) is 11.8. The summed E-state index contributed by atoms with van der Waals surface area (Å²) in [6, 6.07) is 0. The fraction of sp³-hybridized carbons (Fsp3) is 1.00. The van der Waals surface area contributed by atoms with Crippen molar-refractivity contribution in [2.75, 3.05) is 0 Å². The number of hydrogen-bond acceptors (Lipinski definition) is 0. The van der Waals surface area contributed by atoms with Crippen molar-refractivity contribution in [2.24, 2.45) is 17.8 Å². The number of rotatable bonds is 8. The van der Waals surface area contributed by atoms with Gasteiger partial charge in [0.15, 0.2) is 0 Å². The molecule has 1 fully saturated rings. The minimum absolute atomic E-state index is 0.906. The Hall–Kier alpha value is 0. The van der Waals surface area contributed by atoms with Crippen LogP contribution >= 0.6 is 0 Å². The maximum Gasteiger partial charge on any atom is -0.0411 e. The van der Waals surface area contributed by atoms with Crippen LogP contribution in [0.15, 0.2) is 0 Å². The Labute approximate surface area is 103 Å². The van der Waals surface area contributed by atoms with Gasteiger partial charge in [-0.25, -0.2) is 0 Å². The molecule has 0 bridgehead atoms. The van der Waals surface area contributed by atoms with Crippen molar-refractivity contribution in [1.82, 2.24) is 0 Å². The first-order chi connectivity index (χ1) is 7.72. The summed E-state index contributed by atoms with van der Waals surface area (Å²) in [5.74, 6) is 3.08. The van der Waals surface area contributed by atoms with Crippen LogP contribution in [-0.4, -0.2) is 0 Å². The van der Waals surface area contributed by atoms with E-state index in [4.69, 9.17) is 0 Å².